The van der Waals surface area contributed by atoms with E-state index in [1.54, 1.807) is 41.5 Å². The molecule has 3 saturated heterocycles. The van der Waals surface area contributed by atoms with E-state index >= 15 is 0 Å². The molecule has 3 aliphatic rings. The van der Waals surface area contributed by atoms with E-state index < -0.39 is 115 Å². The molecule has 1 amide bonds. The van der Waals surface area contributed by atoms with Gasteiger partial charge in [0.1, 0.15) is 41.0 Å². The van der Waals surface area contributed by atoms with Crippen LogP contribution in [0, 0.1) is 17.8 Å². The number of alkyl carbamates (subject to hydrolysis) is 1. The predicted molar refractivity (Wildman–Crippen MR) is 334 cm³/mol. The molecular formula is C67H105N3O14P+. The summed E-state index contributed by atoms with van der Waals surface area (Å²) in [5.74, 6) is -3.45. The lowest BCUT2D eigenvalue weighted by atomic mass is 9.77. The fourth-order valence-electron chi connectivity index (χ4n) is 13.7. The van der Waals surface area contributed by atoms with E-state index in [-0.39, 0.29) is 37.3 Å². The Kier molecular flexibility index (Phi) is 25.8. The van der Waals surface area contributed by atoms with Crippen LogP contribution in [0.15, 0.2) is 91.0 Å². The summed E-state index contributed by atoms with van der Waals surface area (Å²) in [5.41, 5.74) is -4.67. The molecule has 18 atom stereocenters. The summed E-state index contributed by atoms with van der Waals surface area (Å²) in [4.78, 5) is 45.7. The lowest BCUT2D eigenvalue weighted by Gasteiger charge is -2.49. The summed E-state index contributed by atoms with van der Waals surface area (Å²) in [6.45, 7) is 19.9. The fourth-order valence-corrected chi connectivity index (χ4v) is 18.1. The molecule has 0 aliphatic carbocycles. The number of carbonyl (C=O) groups excluding carboxylic acids is 3. The first-order chi connectivity index (χ1) is 40.2. The van der Waals surface area contributed by atoms with Crippen LogP contribution in [-0.2, 0) is 47.5 Å². The van der Waals surface area contributed by atoms with Crippen molar-refractivity contribution in [3.8, 4) is 0 Å². The highest BCUT2D eigenvalue weighted by atomic mass is 31.2. The average molecular weight is 1210 g/mol. The molecule has 0 unspecified atom stereocenters. The number of unbranched alkanes of at least 4 members (excludes halogenated alkanes) is 5. The number of rotatable bonds is 21. The largest absolute Gasteiger partial charge is 0.459 e. The molecule has 85 heavy (non-hydrogen) atoms. The van der Waals surface area contributed by atoms with Gasteiger partial charge < -0.3 is 63.4 Å². The third-order valence-electron chi connectivity index (χ3n) is 18.5. The quantitative estimate of drug-likeness (QED) is 0.0342. The minimum atomic E-state index is -1.92. The van der Waals surface area contributed by atoms with Crippen LogP contribution in [0.5, 0.6) is 0 Å². The SMILES string of the molecule is CC[C@H]1OC(=O)[C@H](C)[C@@H](O[C@H]2C[C@@](C)(OC)[C@@H](O)[C@H](C)O2)[C@H](C)[C@@H](O[C@@H]2O[C@H](C)C[C@H](N(C)C)[C@H]2OC(C)=O)[C@](C)(O)C[C@@H](C)CN(C)[C@H](C)[C@@H](OC(=O)NCCCCCCCC[P+](c2ccccc2)(c2ccccc2)c2ccccc2)[C@]1(C)O. The number of nitrogens with one attached hydrogen (secondary N) is 1. The molecule has 3 aliphatic heterocycles. The topological polar surface area (TPSA) is 204 Å². The molecule has 3 aromatic rings. The maximum absolute atomic E-state index is 15.0. The van der Waals surface area contributed by atoms with Gasteiger partial charge >= 0.3 is 18.0 Å². The zero-order chi connectivity index (χ0) is 62.4. The van der Waals surface area contributed by atoms with E-state index in [1.165, 1.54) is 29.9 Å². The fraction of sp³-hybridized carbons (Fsp3) is 0.687. The molecule has 3 fully saturated rings. The molecule has 476 valence electrons. The van der Waals surface area contributed by atoms with Gasteiger partial charge in [0.2, 0.25) is 0 Å². The summed E-state index contributed by atoms with van der Waals surface area (Å²) in [5, 5.41) is 44.2. The summed E-state index contributed by atoms with van der Waals surface area (Å²) in [6.07, 6.45) is -2.53. The number of hydrogen-bond donors (Lipinski definition) is 4. The molecule has 3 heterocycles. The molecule has 0 spiro atoms. The normalized spacial score (nSPS) is 34.8. The Hall–Kier alpha value is -4.10. The van der Waals surface area contributed by atoms with E-state index in [4.69, 9.17) is 37.9 Å². The number of aliphatic hydroxyl groups is 3. The van der Waals surface area contributed by atoms with E-state index in [0.717, 1.165) is 44.7 Å². The third kappa shape index (κ3) is 17.6. The predicted octanol–water partition coefficient (Wildman–Crippen LogP) is 8.54. The van der Waals surface area contributed by atoms with E-state index in [9.17, 15) is 29.7 Å². The number of hydrogen-bond acceptors (Lipinski definition) is 16. The summed E-state index contributed by atoms with van der Waals surface area (Å²) < 4.78 is 51.2. The van der Waals surface area contributed by atoms with E-state index in [2.05, 4.69) is 96.3 Å². The number of nitrogens with zero attached hydrogens (tertiary/aromatic N) is 2. The van der Waals surface area contributed by atoms with E-state index in [1.807, 2.05) is 58.6 Å². The second-order valence-corrected chi connectivity index (χ2v) is 29.3. The number of esters is 2. The zero-order valence-electron chi connectivity index (χ0n) is 53.7. The summed E-state index contributed by atoms with van der Waals surface area (Å²) in [6, 6.07) is 32.0. The first-order valence-electron chi connectivity index (χ1n) is 31.2. The number of likely N-dealkylation sites (N-methyl/N-ethyl adjacent to an activating group) is 2. The van der Waals surface area contributed by atoms with Gasteiger partial charge in [-0.25, -0.2) is 4.79 Å². The van der Waals surface area contributed by atoms with Crippen LogP contribution in [0.3, 0.4) is 0 Å². The molecule has 0 aromatic heterocycles. The van der Waals surface area contributed by atoms with Crippen LogP contribution < -0.4 is 21.2 Å². The van der Waals surface area contributed by atoms with Gasteiger partial charge in [0.05, 0.1) is 53.7 Å². The molecule has 4 N–H and O–H groups in total. The molecule has 18 heteroatoms. The standard InChI is InChI=1S/C67H104N3O14P/c1-16-55-67(11,76)61(84-64(74)68-38-30-19-17-18-20-31-39-85(51-32-24-21-25-33-51,52-34-26-22-27-35-52)53-36-28-23-29-37-53)48(6)70(14)43-44(2)41-65(9,75)60(83-63-58(80-50(8)71)54(69(12)13)40-45(3)78-63)46(4)57(47(5)62(73)81-55)82-56-42-66(10,77-15)59(72)49(7)79-56/h21-29,32-37,44-49,54-61,63,72,75-76H,16-20,30-31,38-43H2,1-15H3/p+1/t44-,45-,46+,47-,48-,49+,54+,55-,56+,57+,58-,59+,60-,61-,63+,65-,66-,67-/m1/s1. The lowest BCUT2D eigenvalue weighted by molar-refractivity contribution is -0.318. The van der Waals surface area contributed by atoms with Crippen molar-refractivity contribution in [2.75, 3.05) is 47.5 Å². The highest BCUT2D eigenvalue weighted by Crippen LogP contribution is 2.56. The summed E-state index contributed by atoms with van der Waals surface area (Å²) in [7, 11) is 5.28. The average Bonchev–Trinajstić information content (AvgIpc) is 3.44. The van der Waals surface area contributed by atoms with Crippen molar-refractivity contribution < 1.29 is 67.6 Å². The van der Waals surface area contributed by atoms with Crippen LogP contribution in [0.25, 0.3) is 0 Å². The van der Waals surface area contributed by atoms with Crippen LogP contribution in [0.2, 0.25) is 0 Å². The Morgan fingerprint density at radius 3 is 1.85 bits per heavy atom. The number of carbonyl (C=O) groups is 3. The van der Waals surface area contributed by atoms with Crippen molar-refractivity contribution in [3.05, 3.63) is 91.0 Å². The monoisotopic (exact) mass is 1210 g/mol. The van der Waals surface area contributed by atoms with Gasteiger partial charge in [-0.1, -0.05) is 94.6 Å². The van der Waals surface area contributed by atoms with Crippen molar-refractivity contribution in [1.29, 1.82) is 0 Å². The Morgan fingerprint density at radius 1 is 0.765 bits per heavy atom. The highest BCUT2D eigenvalue weighted by Gasteiger charge is 2.54. The molecular weight excluding hydrogens is 1100 g/mol. The number of cyclic esters (lactones) is 1. The lowest BCUT2D eigenvalue weighted by Crippen LogP contribution is -2.61. The minimum absolute atomic E-state index is 0.0843. The number of benzene rings is 3. The Morgan fingerprint density at radius 2 is 1.32 bits per heavy atom. The number of methoxy groups -OCH3 is 1. The molecule has 6 rings (SSSR count). The van der Waals surface area contributed by atoms with Gasteiger partial charge in [-0.3, -0.25) is 14.5 Å². The first kappa shape index (κ1) is 70.0. The molecule has 17 nitrogen and oxygen atoms in total. The second-order valence-electron chi connectivity index (χ2n) is 25.7. The van der Waals surface area contributed by atoms with Crippen molar-refractivity contribution in [2.24, 2.45) is 17.8 Å². The van der Waals surface area contributed by atoms with E-state index in [0.29, 0.717) is 19.5 Å². The smallest absolute Gasteiger partial charge is 0.407 e. The van der Waals surface area contributed by atoms with Gasteiger partial charge in [0.15, 0.2) is 24.8 Å². The van der Waals surface area contributed by atoms with Crippen LogP contribution >= 0.6 is 7.26 Å². The summed E-state index contributed by atoms with van der Waals surface area (Å²) >= 11 is 0. The minimum Gasteiger partial charge on any atom is -0.459 e. The van der Waals surface area contributed by atoms with Crippen LogP contribution in [0.4, 0.5) is 4.79 Å². The maximum Gasteiger partial charge on any atom is 0.407 e. The van der Waals surface area contributed by atoms with Gasteiger partial charge in [0, 0.05) is 45.5 Å². The van der Waals surface area contributed by atoms with Gasteiger partial charge in [-0.05, 0) is 150 Å². The van der Waals surface area contributed by atoms with Gasteiger partial charge in [-0.15, -0.1) is 0 Å². The molecule has 0 bridgehead atoms. The number of amides is 1. The third-order valence-corrected chi connectivity index (χ3v) is 23.0. The first-order valence-corrected chi connectivity index (χ1v) is 33.2. The number of ether oxygens (including phenoxy) is 8. The highest BCUT2D eigenvalue weighted by molar-refractivity contribution is 7.95. The van der Waals surface area contributed by atoms with Crippen molar-refractivity contribution >= 4 is 41.2 Å². The van der Waals surface area contributed by atoms with Crippen molar-refractivity contribution in [2.45, 2.75) is 231 Å². The van der Waals surface area contributed by atoms with Crippen LogP contribution in [-0.4, -0.2) is 181 Å². The molecule has 0 saturated carbocycles. The zero-order valence-corrected chi connectivity index (χ0v) is 54.6. The Bertz CT molecular complexity index is 2420. The Balaban J connectivity index is 1.20. The molecule has 0 radical (unpaired) electrons. The van der Waals surface area contributed by atoms with Crippen molar-refractivity contribution in [1.82, 2.24) is 15.1 Å². The van der Waals surface area contributed by atoms with Gasteiger partial charge in [-0.2, -0.15) is 0 Å². The van der Waals surface area contributed by atoms with Crippen LogP contribution in [0.1, 0.15) is 140 Å². The maximum atomic E-state index is 15.0. The molecule has 3 aromatic carbocycles. The van der Waals surface area contributed by atoms with Gasteiger partial charge in [0.25, 0.3) is 0 Å². The Labute approximate surface area is 508 Å². The number of aliphatic hydroxyl groups excluding tert-OH is 1. The second kappa shape index (κ2) is 31.4. The van der Waals surface area contributed by atoms with Crippen molar-refractivity contribution in [3.63, 3.8) is 0 Å².